The molecule has 0 atom stereocenters. The summed E-state index contributed by atoms with van der Waals surface area (Å²) in [5, 5.41) is 3.40. The molecule has 0 amide bonds. The standard InChI is InChI=1S/C21H31N5O/c1-4-22-20(24-16-21(10-11-21)12-13-27-3)26(2)15-19-23-14-18(25-19)17-8-6-5-7-9-17/h5-9,14H,4,10-13,15-16H2,1-3H3,(H,22,24)(H,23,25). The van der Waals surface area contributed by atoms with Crippen LogP contribution in [0.3, 0.4) is 0 Å². The molecule has 146 valence electrons. The molecule has 1 aliphatic carbocycles. The molecule has 1 saturated carbocycles. The van der Waals surface area contributed by atoms with Gasteiger partial charge in [-0.25, -0.2) is 4.98 Å². The van der Waals surface area contributed by atoms with Gasteiger partial charge in [-0.3, -0.25) is 4.99 Å². The second-order valence-corrected chi connectivity index (χ2v) is 7.38. The third-order valence-corrected chi connectivity index (χ3v) is 5.15. The monoisotopic (exact) mass is 369 g/mol. The largest absolute Gasteiger partial charge is 0.385 e. The average molecular weight is 370 g/mol. The van der Waals surface area contributed by atoms with Crippen LogP contribution in [0.1, 0.15) is 32.0 Å². The molecule has 2 aromatic rings. The number of rotatable bonds is 9. The predicted molar refractivity (Wildman–Crippen MR) is 110 cm³/mol. The zero-order chi connectivity index (χ0) is 19.1. The normalized spacial score (nSPS) is 15.6. The van der Waals surface area contributed by atoms with E-state index >= 15 is 0 Å². The van der Waals surface area contributed by atoms with Crippen LogP contribution < -0.4 is 5.32 Å². The van der Waals surface area contributed by atoms with Crippen LogP contribution in [0, 0.1) is 5.41 Å². The van der Waals surface area contributed by atoms with Crippen LogP contribution in [0.25, 0.3) is 11.3 Å². The third-order valence-electron chi connectivity index (χ3n) is 5.15. The molecule has 0 bridgehead atoms. The van der Waals surface area contributed by atoms with Crippen LogP contribution in [0.4, 0.5) is 0 Å². The van der Waals surface area contributed by atoms with E-state index in [1.807, 2.05) is 24.4 Å². The zero-order valence-corrected chi connectivity index (χ0v) is 16.7. The maximum atomic E-state index is 5.25. The van der Waals surface area contributed by atoms with Crippen molar-refractivity contribution in [3.8, 4) is 11.3 Å². The molecule has 6 heteroatoms. The molecule has 1 heterocycles. The van der Waals surface area contributed by atoms with Crippen molar-refractivity contribution < 1.29 is 4.74 Å². The van der Waals surface area contributed by atoms with E-state index in [2.05, 4.69) is 46.3 Å². The first kappa shape index (κ1) is 19.4. The molecule has 0 radical (unpaired) electrons. The van der Waals surface area contributed by atoms with Gasteiger partial charge in [0.1, 0.15) is 5.82 Å². The highest BCUT2D eigenvalue weighted by Crippen LogP contribution is 2.49. The van der Waals surface area contributed by atoms with Gasteiger partial charge in [-0.05, 0) is 37.2 Å². The molecule has 0 saturated heterocycles. The van der Waals surface area contributed by atoms with Crippen molar-refractivity contribution >= 4 is 5.96 Å². The van der Waals surface area contributed by atoms with Crippen molar-refractivity contribution in [1.82, 2.24) is 20.2 Å². The summed E-state index contributed by atoms with van der Waals surface area (Å²) >= 11 is 0. The van der Waals surface area contributed by atoms with Gasteiger partial charge in [-0.2, -0.15) is 0 Å². The van der Waals surface area contributed by atoms with Gasteiger partial charge >= 0.3 is 0 Å². The Bertz CT molecular complexity index is 736. The molecule has 6 nitrogen and oxygen atoms in total. The fraction of sp³-hybridized carbons (Fsp3) is 0.524. The Labute approximate surface area is 162 Å². The van der Waals surface area contributed by atoms with Gasteiger partial charge in [-0.1, -0.05) is 30.3 Å². The Morgan fingerprint density at radius 3 is 2.78 bits per heavy atom. The minimum atomic E-state index is 0.350. The van der Waals surface area contributed by atoms with Crippen molar-refractivity contribution in [2.75, 3.05) is 33.9 Å². The third kappa shape index (κ3) is 5.32. The van der Waals surface area contributed by atoms with E-state index in [1.54, 1.807) is 7.11 Å². The molecule has 1 fully saturated rings. The summed E-state index contributed by atoms with van der Waals surface area (Å²) in [7, 11) is 3.82. The van der Waals surface area contributed by atoms with Gasteiger partial charge in [0.15, 0.2) is 5.96 Å². The van der Waals surface area contributed by atoms with Crippen molar-refractivity contribution in [2.45, 2.75) is 32.7 Å². The highest BCUT2D eigenvalue weighted by Gasteiger charge is 2.41. The highest BCUT2D eigenvalue weighted by atomic mass is 16.5. The Kier molecular flexibility index (Phi) is 6.50. The Hall–Kier alpha value is -2.34. The molecule has 27 heavy (non-hydrogen) atoms. The van der Waals surface area contributed by atoms with Gasteiger partial charge in [0.25, 0.3) is 0 Å². The second kappa shape index (κ2) is 9.04. The molecule has 3 rings (SSSR count). The number of imidazole rings is 1. The van der Waals surface area contributed by atoms with E-state index in [0.29, 0.717) is 12.0 Å². The SMILES string of the molecule is CCNC(=NCC1(CCOC)CC1)N(C)Cc1ncc(-c2ccccc2)[nH]1. The molecule has 1 aromatic carbocycles. The van der Waals surface area contributed by atoms with Crippen molar-refractivity contribution in [3.63, 3.8) is 0 Å². The highest BCUT2D eigenvalue weighted by molar-refractivity contribution is 5.79. The minimum Gasteiger partial charge on any atom is -0.385 e. The lowest BCUT2D eigenvalue weighted by Crippen LogP contribution is -2.39. The summed E-state index contributed by atoms with van der Waals surface area (Å²) in [6.07, 6.45) is 5.49. The minimum absolute atomic E-state index is 0.350. The van der Waals surface area contributed by atoms with Crippen LogP contribution >= 0.6 is 0 Å². The lowest BCUT2D eigenvalue weighted by molar-refractivity contribution is 0.174. The molecular weight excluding hydrogens is 338 g/mol. The van der Waals surface area contributed by atoms with Gasteiger partial charge in [0, 0.05) is 33.9 Å². The van der Waals surface area contributed by atoms with Gasteiger partial charge < -0.3 is 19.9 Å². The van der Waals surface area contributed by atoms with Crippen molar-refractivity contribution in [2.24, 2.45) is 10.4 Å². The summed E-state index contributed by atoms with van der Waals surface area (Å²) in [5.41, 5.74) is 2.54. The van der Waals surface area contributed by atoms with Gasteiger partial charge in [0.05, 0.1) is 18.4 Å². The maximum Gasteiger partial charge on any atom is 0.194 e. The van der Waals surface area contributed by atoms with Crippen LogP contribution in [0.15, 0.2) is 41.5 Å². The number of aromatic amines is 1. The number of nitrogens with one attached hydrogen (secondary N) is 2. The summed E-state index contributed by atoms with van der Waals surface area (Å²) in [4.78, 5) is 15.0. The molecule has 0 aliphatic heterocycles. The van der Waals surface area contributed by atoms with E-state index in [1.165, 1.54) is 12.8 Å². The van der Waals surface area contributed by atoms with Crippen LogP contribution in [-0.4, -0.2) is 54.7 Å². The first-order valence-electron chi connectivity index (χ1n) is 9.73. The van der Waals surface area contributed by atoms with E-state index in [4.69, 9.17) is 9.73 Å². The molecule has 2 N–H and O–H groups in total. The van der Waals surface area contributed by atoms with Crippen LogP contribution in [-0.2, 0) is 11.3 Å². The van der Waals surface area contributed by atoms with Crippen LogP contribution in [0.5, 0.6) is 0 Å². The van der Waals surface area contributed by atoms with E-state index in [-0.39, 0.29) is 0 Å². The number of hydrogen-bond acceptors (Lipinski definition) is 3. The number of aliphatic imine (C=N–C) groups is 1. The number of ether oxygens (including phenoxy) is 1. The number of nitrogens with zero attached hydrogens (tertiary/aromatic N) is 3. The number of hydrogen-bond donors (Lipinski definition) is 2. The Morgan fingerprint density at radius 1 is 1.33 bits per heavy atom. The molecule has 1 aliphatic rings. The predicted octanol–water partition coefficient (Wildman–Crippen LogP) is 3.29. The van der Waals surface area contributed by atoms with Crippen molar-refractivity contribution in [1.29, 1.82) is 0 Å². The first-order valence-corrected chi connectivity index (χ1v) is 9.73. The maximum absolute atomic E-state index is 5.25. The van der Waals surface area contributed by atoms with Crippen molar-refractivity contribution in [3.05, 3.63) is 42.4 Å². The van der Waals surface area contributed by atoms with E-state index in [9.17, 15) is 0 Å². The lowest BCUT2D eigenvalue weighted by Gasteiger charge is -2.22. The Morgan fingerprint density at radius 2 is 2.11 bits per heavy atom. The number of H-pyrrole nitrogens is 1. The quantitative estimate of drug-likeness (QED) is 0.526. The fourth-order valence-corrected chi connectivity index (χ4v) is 3.20. The van der Waals surface area contributed by atoms with Crippen LogP contribution in [0.2, 0.25) is 0 Å². The summed E-state index contributed by atoms with van der Waals surface area (Å²) in [6, 6.07) is 10.3. The zero-order valence-electron chi connectivity index (χ0n) is 16.7. The summed E-state index contributed by atoms with van der Waals surface area (Å²) in [6.45, 7) is 5.31. The van der Waals surface area contributed by atoms with E-state index < -0.39 is 0 Å². The average Bonchev–Trinajstić information content (AvgIpc) is 3.32. The lowest BCUT2D eigenvalue weighted by atomic mass is 10.0. The topological polar surface area (TPSA) is 65.5 Å². The Balaban J connectivity index is 1.62. The first-order chi connectivity index (χ1) is 13.2. The number of methoxy groups -OCH3 is 1. The number of guanidine groups is 1. The molecule has 1 aromatic heterocycles. The molecule has 0 unspecified atom stereocenters. The summed E-state index contributed by atoms with van der Waals surface area (Å²) in [5.74, 6) is 1.86. The smallest absolute Gasteiger partial charge is 0.194 e. The second-order valence-electron chi connectivity index (χ2n) is 7.38. The van der Waals surface area contributed by atoms with E-state index in [0.717, 1.165) is 49.2 Å². The van der Waals surface area contributed by atoms with Gasteiger partial charge in [0.2, 0.25) is 0 Å². The van der Waals surface area contributed by atoms with Gasteiger partial charge in [-0.15, -0.1) is 0 Å². The number of benzene rings is 1. The summed E-state index contributed by atoms with van der Waals surface area (Å²) < 4.78 is 5.25. The molecule has 0 spiro atoms. The fourth-order valence-electron chi connectivity index (χ4n) is 3.20. The molecular formula is C21H31N5O. The number of aromatic nitrogens is 2.